The van der Waals surface area contributed by atoms with Crippen LogP contribution in [-0.4, -0.2) is 44.5 Å². The lowest BCUT2D eigenvalue weighted by atomic mass is 10.1. The van der Waals surface area contributed by atoms with Crippen LogP contribution in [-0.2, 0) is 27.4 Å². The molecule has 2 amide bonds. The minimum atomic E-state index is -0.227. The lowest BCUT2D eigenvalue weighted by Gasteiger charge is -2.24. The molecule has 0 aliphatic carbocycles. The van der Waals surface area contributed by atoms with Crippen molar-refractivity contribution in [1.29, 1.82) is 0 Å². The average molecular weight is 359 g/mol. The van der Waals surface area contributed by atoms with Crippen LogP contribution in [0.25, 0.3) is 0 Å². The van der Waals surface area contributed by atoms with Crippen molar-refractivity contribution in [2.24, 2.45) is 0 Å². The quantitative estimate of drug-likeness (QED) is 0.784. The summed E-state index contributed by atoms with van der Waals surface area (Å²) in [6.45, 7) is 2.30. The number of nitrogens with zero attached hydrogens (tertiary/aromatic N) is 2. The molecular weight excluding hydrogens is 334 g/mol. The van der Waals surface area contributed by atoms with Crippen molar-refractivity contribution < 1.29 is 18.7 Å². The summed E-state index contributed by atoms with van der Waals surface area (Å²) in [4.78, 5) is 27.5. The number of amides is 2. The summed E-state index contributed by atoms with van der Waals surface area (Å²) in [7, 11) is 5.35. The van der Waals surface area contributed by atoms with Crippen molar-refractivity contribution in [3.8, 4) is 0 Å². The predicted molar refractivity (Wildman–Crippen MR) is 99.9 cm³/mol. The molecule has 2 aromatic rings. The highest BCUT2D eigenvalue weighted by molar-refractivity contribution is 5.92. The van der Waals surface area contributed by atoms with Gasteiger partial charge in [-0.15, -0.1) is 0 Å². The molecule has 0 bridgehead atoms. The summed E-state index contributed by atoms with van der Waals surface area (Å²) < 4.78 is 10.2. The van der Waals surface area contributed by atoms with Gasteiger partial charge in [-0.25, -0.2) is 0 Å². The lowest BCUT2D eigenvalue weighted by Crippen LogP contribution is -2.28. The van der Waals surface area contributed by atoms with Gasteiger partial charge in [-0.3, -0.25) is 9.59 Å². The van der Waals surface area contributed by atoms with E-state index in [4.69, 9.17) is 9.15 Å². The van der Waals surface area contributed by atoms with Gasteiger partial charge >= 0.3 is 0 Å². The summed E-state index contributed by atoms with van der Waals surface area (Å²) in [5.41, 5.74) is 2.56. The van der Waals surface area contributed by atoms with Crippen molar-refractivity contribution in [1.82, 2.24) is 4.90 Å². The third-order valence-corrected chi connectivity index (χ3v) is 3.85. The topological polar surface area (TPSA) is 75.0 Å². The standard InChI is InChI=1S/C19H25N3O4/c1-14(23)22(12-17-6-5-9-26-17)11-15-10-16(20-19(24)13-25-4)7-8-18(15)21(2)3/h5-10H,11-13H2,1-4H3,(H,20,24). The molecule has 0 atom stereocenters. The van der Waals surface area contributed by atoms with E-state index in [0.29, 0.717) is 18.8 Å². The number of benzene rings is 1. The van der Waals surface area contributed by atoms with E-state index in [-0.39, 0.29) is 18.4 Å². The number of hydrogen-bond acceptors (Lipinski definition) is 5. The molecule has 0 aliphatic heterocycles. The normalized spacial score (nSPS) is 10.5. The van der Waals surface area contributed by atoms with Crippen LogP contribution in [0.15, 0.2) is 41.0 Å². The fraction of sp³-hybridized carbons (Fsp3) is 0.368. The van der Waals surface area contributed by atoms with E-state index in [9.17, 15) is 9.59 Å². The smallest absolute Gasteiger partial charge is 0.250 e. The molecule has 0 fully saturated rings. The van der Waals surface area contributed by atoms with Gasteiger partial charge in [-0.05, 0) is 35.9 Å². The van der Waals surface area contributed by atoms with Crippen LogP contribution in [0.4, 0.5) is 11.4 Å². The second-order valence-electron chi connectivity index (χ2n) is 6.17. The zero-order valence-corrected chi connectivity index (χ0v) is 15.6. The summed E-state index contributed by atoms with van der Waals surface area (Å²) in [5.74, 6) is 0.436. The Morgan fingerprint density at radius 2 is 1.96 bits per heavy atom. The number of methoxy groups -OCH3 is 1. The number of carbonyl (C=O) groups is 2. The zero-order chi connectivity index (χ0) is 19.1. The van der Waals surface area contributed by atoms with Gasteiger partial charge in [0.1, 0.15) is 12.4 Å². The van der Waals surface area contributed by atoms with E-state index >= 15 is 0 Å². The molecule has 7 heteroatoms. The SMILES string of the molecule is COCC(=O)Nc1ccc(N(C)C)c(CN(Cc2ccco2)C(C)=O)c1. The molecule has 1 N–H and O–H groups in total. The highest BCUT2D eigenvalue weighted by atomic mass is 16.5. The second-order valence-corrected chi connectivity index (χ2v) is 6.17. The van der Waals surface area contributed by atoms with Crippen molar-refractivity contribution in [3.63, 3.8) is 0 Å². The van der Waals surface area contributed by atoms with E-state index < -0.39 is 0 Å². The Hall–Kier alpha value is -2.80. The first kappa shape index (κ1) is 19.5. The summed E-state index contributed by atoms with van der Waals surface area (Å²) in [6, 6.07) is 9.26. The minimum Gasteiger partial charge on any atom is -0.467 e. The predicted octanol–water partition coefficient (Wildman–Crippen LogP) is 2.48. The average Bonchev–Trinajstić information content (AvgIpc) is 3.07. The lowest BCUT2D eigenvalue weighted by molar-refractivity contribution is -0.130. The first-order valence-electron chi connectivity index (χ1n) is 8.27. The number of anilines is 2. The van der Waals surface area contributed by atoms with E-state index in [1.54, 1.807) is 17.2 Å². The molecule has 0 unspecified atom stereocenters. The second kappa shape index (κ2) is 9.05. The fourth-order valence-corrected chi connectivity index (χ4v) is 2.63. The Morgan fingerprint density at radius 1 is 1.19 bits per heavy atom. The van der Waals surface area contributed by atoms with Crippen molar-refractivity contribution >= 4 is 23.2 Å². The highest BCUT2D eigenvalue weighted by Crippen LogP contribution is 2.25. The van der Waals surface area contributed by atoms with Crippen molar-refractivity contribution in [2.75, 3.05) is 38.0 Å². The van der Waals surface area contributed by atoms with Gasteiger partial charge in [0.15, 0.2) is 0 Å². The molecule has 7 nitrogen and oxygen atoms in total. The number of ether oxygens (including phenoxy) is 1. The highest BCUT2D eigenvalue weighted by Gasteiger charge is 2.16. The third-order valence-electron chi connectivity index (χ3n) is 3.85. The number of nitrogens with one attached hydrogen (secondary N) is 1. The monoisotopic (exact) mass is 359 g/mol. The number of rotatable bonds is 8. The van der Waals surface area contributed by atoms with Gasteiger partial charge in [-0.2, -0.15) is 0 Å². The Kier molecular flexibility index (Phi) is 6.80. The Balaban J connectivity index is 2.25. The van der Waals surface area contributed by atoms with Gasteiger partial charge < -0.3 is 24.3 Å². The maximum atomic E-state index is 12.1. The van der Waals surface area contributed by atoms with Crippen LogP contribution in [0.5, 0.6) is 0 Å². The Labute approximate surface area is 153 Å². The molecular formula is C19H25N3O4. The summed E-state index contributed by atoms with van der Waals surface area (Å²) >= 11 is 0. The van der Waals surface area contributed by atoms with Crippen LogP contribution in [0.3, 0.4) is 0 Å². The molecule has 140 valence electrons. The third kappa shape index (κ3) is 5.35. The van der Waals surface area contributed by atoms with Crippen LogP contribution in [0.2, 0.25) is 0 Å². The van der Waals surface area contributed by atoms with Gasteiger partial charge in [0.25, 0.3) is 0 Å². The van der Waals surface area contributed by atoms with Gasteiger partial charge in [0.05, 0.1) is 12.8 Å². The molecule has 26 heavy (non-hydrogen) atoms. The fourth-order valence-electron chi connectivity index (χ4n) is 2.63. The van der Waals surface area contributed by atoms with E-state index in [0.717, 1.165) is 17.0 Å². The molecule has 0 spiro atoms. The molecule has 1 aromatic carbocycles. The molecule has 0 saturated heterocycles. The minimum absolute atomic E-state index is 0.0111. The number of carbonyl (C=O) groups excluding carboxylic acids is 2. The van der Waals surface area contributed by atoms with Crippen LogP contribution >= 0.6 is 0 Å². The molecule has 2 rings (SSSR count). The van der Waals surface area contributed by atoms with Gasteiger partial charge in [0.2, 0.25) is 11.8 Å². The first-order valence-corrected chi connectivity index (χ1v) is 8.27. The van der Waals surface area contributed by atoms with Crippen LogP contribution < -0.4 is 10.2 Å². The van der Waals surface area contributed by atoms with Crippen LogP contribution in [0, 0.1) is 0 Å². The first-order chi connectivity index (χ1) is 12.4. The molecule has 1 aromatic heterocycles. The van der Waals surface area contributed by atoms with Gasteiger partial charge in [-0.1, -0.05) is 0 Å². The molecule has 1 heterocycles. The van der Waals surface area contributed by atoms with E-state index in [1.165, 1.54) is 14.0 Å². The van der Waals surface area contributed by atoms with Crippen molar-refractivity contribution in [2.45, 2.75) is 20.0 Å². The maximum absolute atomic E-state index is 12.1. The van der Waals surface area contributed by atoms with Crippen molar-refractivity contribution in [3.05, 3.63) is 47.9 Å². The van der Waals surface area contributed by atoms with E-state index in [2.05, 4.69) is 5.32 Å². The number of hydrogen-bond donors (Lipinski definition) is 1. The molecule has 0 radical (unpaired) electrons. The zero-order valence-electron chi connectivity index (χ0n) is 15.6. The molecule has 0 saturated carbocycles. The number of furan rings is 1. The molecule has 0 aliphatic rings. The maximum Gasteiger partial charge on any atom is 0.250 e. The summed E-state index contributed by atoms with van der Waals surface area (Å²) in [5, 5.41) is 2.79. The van der Waals surface area contributed by atoms with Crippen LogP contribution in [0.1, 0.15) is 18.2 Å². The van der Waals surface area contributed by atoms with Gasteiger partial charge in [0, 0.05) is 46.0 Å². The Bertz CT molecular complexity index is 741. The Morgan fingerprint density at radius 3 is 2.54 bits per heavy atom. The largest absolute Gasteiger partial charge is 0.467 e. The van der Waals surface area contributed by atoms with E-state index in [1.807, 2.05) is 43.3 Å². The summed E-state index contributed by atoms with van der Waals surface area (Å²) in [6.07, 6.45) is 1.59.